The molecule has 1 aliphatic carbocycles. The van der Waals surface area contributed by atoms with Gasteiger partial charge >= 0.3 is 0 Å². The van der Waals surface area contributed by atoms with Crippen LogP contribution in [0.25, 0.3) is 11.3 Å². The molecule has 0 bridgehead atoms. The number of nitrogens with one attached hydrogen (secondary N) is 2. The van der Waals surface area contributed by atoms with Crippen LogP contribution >= 0.6 is 11.8 Å². The topological polar surface area (TPSA) is 102 Å². The number of ether oxygens (including phenoxy) is 1. The Kier molecular flexibility index (Phi) is 8.05. The summed E-state index contributed by atoms with van der Waals surface area (Å²) >= 11 is 1.38. The van der Waals surface area contributed by atoms with Crippen molar-refractivity contribution in [3.05, 3.63) is 53.0 Å². The van der Waals surface area contributed by atoms with Gasteiger partial charge in [0.2, 0.25) is 0 Å². The second kappa shape index (κ2) is 11.4. The van der Waals surface area contributed by atoms with E-state index < -0.39 is 0 Å². The van der Waals surface area contributed by atoms with Crippen LogP contribution in [0.3, 0.4) is 0 Å². The van der Waals surface area contributed by atoms with Gasteiger partial charge in [0.05, 0.1) is 25.5 Å². The van der Waals surface area contributed by atoms with E-state index in [4.69, 9.17) is 4.74 Å². The molecule has 4 rings (SSSR count). The average Bonchev–Trinajstić information content (AvgIpc) is 3.45. The molecule has 1 aliphatic rings. The fraction of sp³-hybridized carbons (Fsp3) is 0.440. The molecule has 0 aliphatic heterocycles. The first kappa shape index (κ1) is 24.1. The average molecular weight is 482 g/mol. The quantitative estimate of drug-likeness (QED) is 0.402. The first-order valence-corrected chi connectivity index (χ1v) is 12.7. The predicted octanol–water partition coefficient (Wildman–Crippen LogP) is 4.00. The zero-order chi connectivity index (χ0) is 23.9. The number of aromatic nitrogens is 4. The molecule has 0 spiro atoms. The highest BCUT2D eigenvalue weighted by Gasteiger charge is 2.27. The molecule has 0 saturated heterocycles. The SMILES string of the molecule is COc1ccc(Cn2ncc3c2CCc2c-3n[nH]c2C(=O)NCCCCCCSC(C)=O)cc1. The molecular formula is C25H31N5O3S. The molecule has 2 heterocycles. The Morgan fingerprint density at radius 2 is 1.94 bits per heavy atom. The van der Waals surface area contributed by atoms with Crippen LogP contribution in [0.15, 0.2) is 30.5 Å². The van der Waals surface area contributed by atoms with Crippen molar-refractivity contribution in [3.8, 4) is 17.0 Å². The van der Waals surface area contributed by atoms with Crippen LogP contribution in [0.2, 0.25) is 0 Å². The molecule has 0 saturated carbocycles. The Hall–Kier alpha value is -3.07. The Bertz CT molecular complexity index is 1140. The maximum absolute atomic E-state index is 12.7. The molecule has 2 N–H and O–H groups in total. The van der Waals surface area contributed by atoms with E-state index in [0.29, 0.717) is 18.8 Å². The first-order chi connectivity index (χ1) is 16.6. The number of unbranched alkanes of at least 4 members (excludes halogenated alkanes) is 3. The van der Waals surface area contributed by atoms with Crippen LogP contribution in [-0.4, -0.2) is 50.4 Å². The lowest BCUT2D eigenvalue weighted by Gasteiger charge is -2.15. The van der Waals surface area contributed by atoms with Crippen molar-refractivity contribution in [1.29, 1.82) is 0 Å². The van der Waals surface area contributed by atoms with Crippen molar-refractivity contribution >= 4 is 22.8 Å². The Morgan fingerprint density at radius 1 is 1.15 bits per heavy atom. The lowest BCUT2D eigenvalue weighted by Crippen LogP contribution is -2.26. The van der Waals surface area contributed by atoms with Crippen LogP contribution in [0.5, 0.6) is 5.75 Å². The van der Waals surface area contributed by atoms with Crippen molar-refractivity contribution in [2.45, 2.75) is 52.0 Å². The van der Waals surface area contributed by atoms with Gasteiger partial charge in [0.25, 0.3) is 5.91 Å². The highest BCUT2D eigenvalue weighted by atomic mass is 32.2. The number of H-pyrrole nitrogens is 1. The van der Waals surface area contributed by atoms with Crippen LogP contribution in [-0.2, 0) is 24.2 Å². The third kappa shape index (κ3) is 5.70. The number of amides is 1. The number of carbonyl (C=O) groups excluding carboxylic acids is 2. The fourth-order valence-electron chi connectivity index (χ4n) is 4.26. The van der Waals surface area contributed by atoms with Crippen molar-refractivity contribution < 1.29 is 14.3 Å². The molecule has 3 aromatic rings. The van der Waals surface area contributed by atoms with Crippen LogP contribution < -0.4 is 10.1 Å². The summed E-state index contributed by atoms with van der Waals surface area (Å²) in [7, 11) is 1.66. The first-order valence-electron chi connectivity index (χ1n) is 11.7. The third-order valence-electron chi connectivity index (χ3n) is 6.06. The lowest BCUT2D eigenvalue weighted by molar-refractivity contribution is -0.109. The summed E-state index contributed by atoms with van der Waals surface area (Å²) in [5.74, 6) is 1.61. The smallest absolute Gasteiger partial charge is 0.269 e. The summed E-state index contributed by atoms with van der Waals surface area (Å²) in [6.45, 7) is 2.92. The molecule has 0 radical (unpaired) electrons. The summed E-state index contributed by atoms with van der Waals surface area (Å²) in [6.07, 6.45) is 7.48. The number of methoxy groups -OCH3 is 1. The zero-order valence-corrected chi connectivity index (χ0v) is 20.5. The second-order valence-corrected chi connectivity index (χ2v) is 9.72. The third-order valence-corrected chi connectivity index (χ3v) is 6.96. The minimum Gasteiger partial charge on any atom is -0.497 e. The molecule has 0 fully saturated rings. The van der Waals surface area contributed by atoms with E-state index in [2.05, 4.69) is 20.6 Å². The Labute approximate surface area is 203 Å². The van der Waals surface area contributed by atoms with E-state index >= 15 is 0 Å². The van der Waals surface area contributed by atoms with Gasteiger partial charge in [-0.25, -0.2) is 0 Å². The zero-order valence-electron chi connectivity index (χ0n) is 19.7. The molecule has 8 nitrogen and oxygen atoms in total. The molecule has 180 valence electrons. The number of nitrogens with zero attached hydrogens (tertiary/aromatic N) is 3. The summed E-state index contributed by atoms with van der Waals surface area (Å²) < 4.78 is 7.25. The van der Waals surface area contributed by atoms with Crippen LogP contribution in [0, 0.1) is 0 Å². The predicted molar refractivity (Wildman–Crippen MR) is 133 cm³/mol. The number of hydrogen-bond acceptors (Lipinski definition) is 6. The van der Waals surface area contributed by atoms with E-state index in [1.54, 1.807) is 14.0 Å². The van der Waals surface area contributed by atoms with Gasteiger partial charge in [-0.15, -0.1) is 0 Å². The minimum absolute atomic E-state index is 0.102. The van der Waals surface area contributed by atoms with Gasteiger partial charge in [0.1, 0.15) is 11.4 Å². The molecule has 0 unspecified atom stereocenters. The van der Waals surface area contributed by atoms with E-state index in [9.17, 15) is 9.59 Å². The highest BCUT2D eigenvalue weighted by Crippen LogP contribution is 2.33. The van der Waals surface area contributed by atoms with Crippen molar-refractivity contribution in [1.82, 2.24) is 25.3 Å². The van der Waals surface area contributed by atoms with Gasteiger partial charge in [0, 0.05) is 36.0 Å². The number of aromatic amines is 1. The van der Waals surface area contributed by atoms with E-state index in [-0.39, 0.29) is 11.0 Å². The molecule has 34 heavy (non-hydrogen) atoms. The Morgan fingerprint density at radius 3 is 2.71 bits per heavy atom. The Balaban J connectivity index is 1.32. The van der Waals surface area contributed by atoms with Crippen LogP contribution in [0.4, 0.5) is 0 Å². The standard InChI is InChI=1S/C25H31N5O3S/c1-17(31)34-14-6-4-3-5-13-26-25(32)24-20-11-12-22-21(23(20)28-29-24)15-27-30(22)16-18-7-9-19(33-2)10-8-18/h7-10,15H,3-6,11-14,16H2,1-2H3,(H,26,32)(H,28,29). The van der Waals surface area contributed by atoms with Crippen molar-refractivity contribution in [2.24, 2.45) is 0 Å². The summed E-state index contributed by atoms with van der Waals surface area (Å²) in [4.78, 5) is 23.7. The number of hydrogen-bond donors (Lipinski definition) is 2. The normalized spacial score (nSPS) is 12.2. The lowest BCUT2D eigenvalue weighted by atomic mass is 9.93. The molecule has 2 aromatic heterocycles. The maximum atomic E-state index is 12.7. The van der Waals surface area contributed by atoms with Gasteiger partial charge < -0.3 is 10.1 Å². The number of carbonyl (C=O) groups is 2. The van der Waals surface area contributed by atoms with Crippen molar-refractivity contribution in [3.63, 3.8) is 0 Å². The second-order valence-electron chi connectivity index (χ2n) is 8.45. The highest BCUT2D eigenvalue weighted by molar-refractivity contribution is 8.13. The van der Waals surface area contributed by atoms with Gasteiger partial charge in [0.15, 0.2) is 5.12 Å². The maximum Gasteiger partial charge on any atom is 0.269 e. The number of rotatable bonds is 11. The number of fused-ring (bicyclic) bond motifs is 3. The summed E-state index contributed by atoms with van der Waals surface area (Å²) in [5.41, 5.74) is 5.64. The molecule has 0 atom stereocenters. The molecule has 1 aromatic carbocycles. The largest absolute Gasteiger partial charge is 0.497 e. The van der Waals surface area contributed by atoms with Gasteiger partial charge in [-0.05, 0) is 43.4 Å². The van der Waals surface area contributed by atoms with Crippen molar-refractivity contribution in [2.75, 3.05) is 19.4 Å². The van der Waals surface area contributed by atoms with E-state index in [1.807, 2.05) is 35.1 Å². The van der Waals surface area contributed by atoms with Gasteiger partial charge in [-0.1, -0.05) is 36.7 Å². The van der Waals surface area contributed by atoms with Crippen LogP contribution in [0.1, 0.15) is 59.9 Å². The monoisotopic (exact) mass is 481 g/mol. The molecule has 9 heteroatoms. The molecule has 1 amide bonds. The van der Waals surface area contributed by atoms with Gasteiger partial charge in [-0.3, -0.25) is 19.4 Å². The van der Waals surface area contributed by atoms with E-state index in [0.717, 1.165) is 78.1 Å². The fourth-order valence-corrected chi connectivity index (χ4v) is 4.90. The van der Waals surface area contributed by atoms with Gasteiger partial charge in [-0.2, -0.15) is 10.2 Å². The number of benzene rings is 1. The minimum atomic E-state index is -0.102. The van der Waals surface area contributed by atoms with E-state index in [1.165, 1.54) is 11.8 Å². The summed E-state index contributed by atoms with van der Waals surface area (Å²) in [5, 5.41) is 15.2. The summed E-state index contributed by atoms with van der Waals surface area (Å²) in [6, 6.07) is 8.00. The molecular weight excluding hydrogens is 450 g/mol. The number of thioether (sulfide) groups is 1.